The highest BCUT2D eigenvalue weighted by Gasteiger charge is 2.23. The molecule has 152 valence electrons. The Bertz CT molecular complexity index is 1020. The molecule has 7 nitrogen and oxygen atoms in total. The van der Waals surface area contributed by atoms with Crippen molar-refractivity contribution in [2.45, 2.75) is 38.6 Å². The number of hydrogen-bond acceptors (Lipinski definition) is 5. The van der Waals surface area contributed by atoms with Gasteiger partial charge in [0.05, 0.1) is 29.9 Å². The van der Waals surface area contributed by atoms with Crippen LogP contribution < -0.4 is 10.1 Å². The number of amides is 1. The van der Waals surface area contributed by atoms with Crippen LogP contribution in [0.1, 0.15) is 47.6 Å². The number of aliphatic hydroxyl groups is 1. The fraction of sp³-hybridized carbons (Fsp3) is 0.409. The summed E-state index contributed by atoms with van der Waals surface area (Å²) in [5.74, 6) is 0.753. The first-order chi connectivity index (χ1) is 14.1. The average molecular weight is 394 g/mol. The summed E-state index contributed by atoms with van der Waals surface area (Å²) in [6.07, 6.45) is 9.36. The van der Waals surface area contributed by atoms with Gasteiger partial charge in [0.15, 0.2) is 0 Å². The van der Waals surface area contributed by atoms with Crippen LogP contribution in [0, 0.1) is 12.8 Å². The minimum Gasteiger partial charge on any atom is -0.494 e. The van der Waals surface area contributed by atoms with Crippen molar-refractivity contribution in [3.05, 3.63) is 47.9 Å². The second kappa shape index (κ2) is 8.21. The Balaban J connectivity index is 1.59. The van der Waals surface area contributed by atoms with Gasteiger partial charge in [-0.05, 0) is 56.2 Å². The van der Waals surface area contributed by atoms with Gasteiger partial charge in [-0.25, -0.2) is 0 Å². The summed E-state index contributed by atoms with van der Waals surface area (Å²) in [6, 6.07) is 5.90. The molecule has 1 aliphatic rings. The van der Waals surface area contributed by atoms with Crippen LogP contribution in [0.2, 0.25) is 0 Å². The number of nitrogens with one attached hydrogen (secondary N) is 1. The van der Waals surface area contributed by atoms with E-state index in [1.54, 1.807) is 25.6 Å². The maximum atomic E-state index is 12.6. The van der Waals surface area contributed by atoms with Gasteiger partial charge in [0.1, 0.15) is 5.75 Å². The topological polar surface area (TPSA) is 89.3 Å². The van der Waals surface area contributed by atoms with Crippen molar-refractivity contribution in [1.29, 1.82) is 0 Å². The van der Waals surface area contributed by atoms with Crippen LogP contribution in [0.3, 0.4) is 0 Å². The Labute approximate surface area is 169 Å². The van der Waals surface area contributed by atoms with Crippen LogP contribution >= 0.6 is 0 Å². The number of methoxy groups -OCH3 is 1. The van der Waals surface area contributed by atoms with E-state index in [2.05, 4.69) is 10.3 Å². The van der Waals surface area contributed by atoms with Crippen molar-refractivity contribution in [3.8, 4) is 5.75 Å². The SMILES string of the molecule is COc1cc2nn([C@H]3CC[C@H](CO)CC3)cc2cc1NC(=O)c1cncc(C)c1. The zero-order valence-corrected chi connectivity index (χ0v) is 16.8. The lowest BCUT2D eigenvalue weighted by molar-refractivity contribution is 0.102. The Kier molecular flexibility index (Phi) is 5.49. The normalized spacial score (nSPS) is 19.3. The lowest BCUT2D eigenvalue weighted by atomic mass is 9.87. The van der Waals surface area contributed by atoms with E-state index in [9.17, 15) is 9.90 Å². The van der Waals surface area contributed by atoms with Crippen LogP contribution in [0.15, 0.2) is 36.8 Å². The zero-order valence-electron chi connectivity index (χ0n) is 16.8. The van der Waals surface area contributed by atoms with Crippen LogP contribution in [-0.4, -0.2) is 39.5 Å². The van der Waals surface area contributed by atoms with Crippen molar-refractivity contribution in [2.75, 3.05) is 19.0 Å². The molecule has 3 aromatic rings. The molecular formula is C22H26N4O3. The molecule has 1 aromatic carbocycles. The molecule has 1 fully saturated rings. The molecule has 0 aliphatic heterocycles. The number of anilines is 1. The molecule has 1 amide bonds. The van der Waals surface area contributed by atoms with Gasteiger partial charge < -0.3 is 15.2 Å². The molecule has 0 bridgehead atoms. The van der Waals surface area contributed by atoms with E-state index >= 15 is 0 Å². The summed E-state index contributed by atoms with van der Waals surface area (Å²) in [5, 5.41) is 18.0. The fourth-order valence-corrected chi connectivity index (χ4v) is 3.99. The molecule has 1 saturated carbocycles. The second-order valence-corrected chi connectivity index (χ2v) is 7.78. The Morgan fingerprint density at radius 2 is 2.03 bits per heavy atom. The lowest BCUT2D eigenvalue weighted by Crippen LogP contribution is -2.20. The largest absolute Gasteiger partial charge is 0.494 e. The number of carbonyl (C=O) groups excluding carboxylic acids is 1. The summed E-state index contributed by atoms with van der Waals surface area (Å²) < 4.78 is 7.51. The quantitative estimate of drug-likeness (QED) is 0.688. The number of aliphatic hydroxyl groups excluding tert-OH is 1. The van der Waals surface area contributed by atoms with Gasteiger partial charge in [-0.15, -0.1) is 0 Å². The summed E-state index contributed by atoms with van der Waals surface area (Å²) >= 11 is 0. The van der Waals surface area contributed by atoms with Crippen molar-refractivity contribution in [2.24, 2.45) is 5.92 Å². The highest BCUT2D eigenvalue weighted by atomic mass is 16.5. The monoisotopic (exact) mass is 394 g/mol. The maximum Gasteiger partial charge on any atom is 0.257 e. The summed E-state index contributed by atoms with van der Waals surface area (Å²) in [6.45, 7) is 2.17. The van der Waals surface area contributed by atoms with Crippen molar-refractivity contribution in [1.82, 2.24) is 14.8 Å². The van der Waals surface area contributed by atoms with Crippen LogP contribution in [0.25, 0.3) is 10.9 Å². The third-order valence-electron chi connectivity index (χ3n) is 5.68. The fourth-order valence-electron chi connectivity index (χ4n) is 3.99. The number of rotatable bonds is 5. The molecule has 2 aromatic heterocycles. The number of carbonyl (C=O) groups is 1. The Morgan fingerprint density at radius 1 is 1.24 bits per heavy atom. The standard InChI is InChI=1S/C22H26N4O3/c1-14-7-16(11-23-10-14)22(28)24-20-8-17-12-26(25-19(17)9-21(20)29-2)18-5-3-15(13-27)4-6-18/h7-12,15,18,27H,3-6,13H2,1-2H3,(H,24,28)/t15-,18-. The van der Waals surface area contributed by atoms with E-state index in [-0.39, 0.29) is 12.5 Å². The second-order valence-electron chi connectivity index (χ2n) is 7.78. The van der Waals surface area contributed by atoms with E-state index < -0.39 is 0 Å². The van der Waals surface area contributed by atoms with Gasteiger partial charge in [-0.1, -0.05) is 0 Å². The Morgan fingerprint density at radius 3 is 2.72 bits per heavy atom. The summed E-state index contributed by atoms with van der Waals surface area (Å²) in [4.78, 5) is 16.7. The number of pyridine rings is 1. The number of hydrogen-bond donors (Lipinski definition) is 2. The number of aryl methyl sites for hydroxylation is 1. The molecule has 29 heavy (non-hydrogen) atoms. The number of nitrogens with zero attached hydrogens (tertiary/aromatic N) is 3. The highest BCUT2D eigenvalue weighted by molar-refractivity contribution is 6.06. The number of benzene rings is 1. The average Bonchev–Trinajstić information content (AvgIpc) is 3.16. The third kappa shape index (κ3) is 4.10. The van der Waals surface area contributed by atoms with Gasteiger partial charge in [-0.3, -0.25) is 14.5 Å². The maximum absolute atomic E-state index is 12.6. The van der Waals surface area contributed by atoms with Gasteiger partial charge in [0, 0.05) is 36.7 Å². The summed E-state index contributed by atoms with van der Waals surface area (Å²) in [5.41, 5.74) is 2.87. The van der Waals surface area contributed by atoms with Crippen molar-refractivity contribution >= 4 is 22.5 Å². The first-order valence-electron chi connectivity index (χ1n) is 9.98. The zero-order chi connectivity index (χ0) is 20.4. The predicted molar refractivity (Wildman–Crippen MR) is 111 cm³/mol. The minimum absolute atomic E-state index is 0.228. The molecule has 7 heteroatoms. The molecule has 0 unspecified atom stereocenters. The predicted octanol–water partition coefficient (Wildman–Crippen LogP) is 3.72. The molecule has 1 aliphatic carbocycles. The molecule has 0 saturated heterocycles. The van der Waals surface area contributed by atoms with Crippen LogP contribution in [0.5, 0.6) is 5.75 Å². The number of fused-ring (bicyclic) bond motifs is 1. The first kappa shape index (κ1) is 19.4. The smallest absolute Gasteiger partial charge is 0.257 e. The molecule has 2 N–H and O–H groups in total. The molecule has 0 radical (unpaired) electrons. The van der Waals surface area contributed by atoms with Crippen LogP contribution in [-0.2, 0) is 0 Å². The van der Waals surface area contributed by atoms with E-state index in [0.717, 1.165) is 42.1 Å². The highest BCUT2D eigenvalue weighted by Crippen LogP contribution is 2.35. The van der Waals surface area contributed by atoms with E-state index in [4.69, 9.17) is 9.84 Å². The van der Waals surface area contributed by atoms with Gasteiger partial charge in [0.25, 0.3) is 5.91 Å². The number of ether oxygens (including phenoxy) is 1. The third-order valence-corrected chi connectivity index (χ3v) is 5.68. The molecule has 4 rings (SSSR count). The molecular weight excluding hydrogens is 368 g/mol. The van der Waals surface area contributed by atoms with Crippen molar-refractivity contribution in [3.63, 3.8) is 0 Å². The van der Waals surface area contributed by atoms with Gasteiger partial charge >= 0.3 is 0 Å². The van der Waals surface area contributed by atoms with E-state index in [1.807, 2.05) is 29.9 Å². The van der Waals surface area contributed by atoms with E-state index in [1.165, 1.54) is 0 Å². The summed E-state index contributed by atoms with van der Waals surface area (Å²) in [7, 11) is 1.58. The molecule has 0 spiro atoms. The Hall–Kier alpha value is -2.93. The van der Waals surface area contributed by atoms with Crippen LogP contribution in [0.4, 0.5) is 5.69 Å². The first-order valence-corrected chi connectivity index (χ1v) is 9.98. The van der Waals surface area contributed by atoms with Gasteiger partial charge in [-0.2, -0.15) is 5.10 Å². The molecule has 2 heterocycles. The van der Waals surface area contributed by atoms with Crippen molar-refractivity contribution < 1.29 is 14.6 Å². The minimum atomic E-state index is -0.228. The molecule has 0 atom stereocenters. The van der Waals surface area contributed by atoms with Gasteiger partial charge in [0.2, 0.25) is 0 Å². The lowest BCUT2D eigenvalue weighted by Gasteiger charge is -2.27. The van der Waals surface area contributed by atoms with E-state index in [0.29, 0.717) is 29.0 Å². The number of aromatic nitrogens is 3.